The van der Waals surface area contributed by atoms with Gasteiger partial charge in [-0.25, -0.2) is 4.68 Å². The Bertz CT molecular complexity index is 1290. The van der Waals surface area contributed by atoms with Crippen LogP contribution in [-0.4, -0.2) is 49.3 Å². The standard InChI is InChI=1S/C26H30N6O2/c1-19-9-10-24-21(14-19)15-22(26(33)27-24)16-31(17-23-8-5-13-34-23)18-25-28-29-30-32(25)12-11-20-6-3-2-4-7-20/h2-4,6-7,9-10,14-15,23H,5,8,11-13,16-18H2,1H3,(H,27,33)/t23-/m0/s1. The average Bonchev–Trinajstić information content (AvgIpc) is 3.51. The number of hydrogen-bond acceptors (Lipinski definition) is 6. The molecule has 1 aliphatic rings. The number of nitrogens with one attached hydrogen (secondary N) is 1. The Labute approximate surface area is 198 Å². The Morgan fingerprint density at radius 2 is 2.03 bits per heavy atom. The van der Waals surface area contributed by atoms with Crippen LogP contribution in [0.5, 0.6) is 0 Å². The SMILES string of the molecule is Cc1ccc2[nH]c(=O)c(CN(Cc3nnnn3CCc3ccccc3)C[C@@H]3CCCO3)cc2c1. The molecular formula is C26H30N6O2. The van der Waals surface area contributed by atoms with Crippen LogP contribution in [0.15, 0.2) is 59.4 Å². The monoisotopic (exact) mass is 458 g/mol. The molecule has 8 heteroatoms. The van der Waals surface area contributed by atoms with Gasteiger partial charge >= 0.3 is 0 Å². The van der Waals surface area contributed by atoms with Crippen molar-refractivity contribution in [1.82, 2.24) is 30.1 Å². The number of fused-ring (bicyclic) bond motifs is 1. The van der Waals surface area contributed by atoms with Crippen LogP contribution in [0.2, 0.25) is 0 Å². The van der Waals surface area contributed by atoms with Crippen molar-refractivity contribution in [2.24, 2.45) is 0 Å². The van der Waals surface area contributed by atoms with E-state index < -0.39 is 0 Å². The highest BCUT2D eigenvalue weighted by Crippen LogP contribution is 2.18. The Morgan fingerprint density at radius 3 is 2.85 bits per heavy atom. The first-order chi connectivity index (χ1) is 16.6. The molecule has 1 atom stereocenters. The number of hydrogen-bond donors (Lipinski definition) is 1. The van der Waals surface area contributed by atoms with Gasteiger partial charge in [0.2, 0.25) is 0 Å². The third-order valence-electron chi connectivity index (χ3n) is 6.38. The third kappa shape index (κ3) is 5.40. The quantitative estimate of drug-likeness (QED) is 0.414. The topological polar surface area (TPSA) is 88.9 Å². The highest BCUT2D eigenvalue weighted by molar-refractivity contribution is 5.79. The maximum Gasteiger partial charge on any atom is 0.252 e. The van der Waals surface area contributed by atoms with Crippen LogP contribution >= 0.6 is 0 Å². The molecule has 176 valence electrons. The van der Waals surface area contributed by atoms with Crippen molar-refractivity contribution in [3.05, 3.63) is 87.5 Å². The van der Waals surface area contributed by atoms with Crippen molar-refractivity contribution < 1.29 is 4.74 Å². The molecule has 0 bridgehead atoms. The summed E-state index contributed by atoms with van der Waals surface area (Å²) in [5.74, 6) is 0.794. The van der Waals surface area contributed by atoms with E-state index in [1.165, 1.54) is 11.1 Å². The molecule has 2 aromatic heterocycles. The third-order valence-corrected chi connectivity index (χ3v) is 6.38. The molecule has 1 saturated heterocycles. The maximum absolute atomic E-state index is 12.9. The van der Waals surface area contributed by atoms with Gasteiger partial charge in [-0.05, 0) is 65.8 Å². The van der Waals surface area contributed by atoms with E-state index in [1.54, 1.807) is 0 Å². The summed E-state index contributed by atoms with van der Waals surface area (Å²) in [6.45, 7) is 5.34. The van der Waals surface area contributed by atoms with E-state index in [1.807, 2.05) is 41.1 Å². The van der Waals surface area contributed by atoms with Gasteiger partial charge in [0.25, 0.3) is 5.56 Å². The van der Waals surface area contributed by atoms with Crippen molar-refractivity contribution in [2.75, 3.05) is 13.2 Å². The van der Waals surface area contributed by atoms with E-state index in [0.29, 0.717) is 19.6 Å². The first-order valence-electron chi connectivity index (χ1n) is 11.9. The first kappa shape index (κ1) is 22.4. The zero-order valence-corrected chi connectivity index (χ0v) is 19.5. The summed E-state index contributed by atoms with van der Waals surface area (Å²) in [6, 6.07) is 18.4. The number of ether oxygens (including phenoxy) is 1. The Balaban J connectivity index is 1.36. The molecular weight excluding hydrogens is 428 g/mol. The van der Waals surface area contributed by atoms with E-state index in [-0.39, 0.29) is 11.7 Å². The van der Waals surface area contributed by atoms with Crippen LogP contribution < -0.4 is 5.56 Å². The fourth-order valence-corrected chi connectivity index (χ4v) is 4.58. The summed E-state index contributed by atoms with van der Waals surface area (Å²) in [5.41, 5.74) is 3.95. The highest BCUT2D eigenvalue weighted by Gasteiger charge is 2.22. The van der Waals surface area contributed by atoms with E-state index in [4.69, 9.17) is 4.74 Å². The van der Waals surface area contributed by atoms with Gasteiger partial charge in [0.15, 0.2) is 5.82 Å². The lowest BCUT2D eigenvalue weighted by Gasteiger charge is -2.24. The molecule has 1 fully saturated rings. The minimum absolute atomic E-state index is 0.0580. The average molecular weight is 459 g/mol. The highest BCUT2D eigenvalue weighted by atomic mass is 16.5. The summed E-state index contributed by atoms with van der Waals surface area (Å²) in [4.78, 5) is 18.1. The van der Waals surface area contributed by atoms with Gasteiger partial charge in [0, 0.05) is 37.3 Å². The molecule has 0 amide bonds. The Morgan fingerprint density at radius 1 is 1.15 bits per heavy atom. The predicted octanol–water partition coefficient (Wildman–Crippen LogP) is 3.25. The van der Waals surface area contributed by atoms with Gasteiger partial charge in [-0.15, -0.1) is 5.10 Å². The number of nitrogens with zero attached hydrogens (tertiary/aromatic N) is 5. The van der Waals surface area contributed by atoms with Crippen LogP contribution in [0.4, 0.5) is 0 Å². The number of aromatic nitrogens is 5. The second-order valence-corrected chi connectivity index (χ2v) is 9.07. The zero-order chi connectivity index (χ0) is 23.3. The van der Waals surface area contributed by atoms with Gasteiger partial charge in [-0.2, -0.15) is 0 Å². The lowest BCUT2D eigenvalue weighted by atomic mass is 10.1. The van der Waals surface area contributed by atoms with E-state index >= 15 is 0 Å². The van der Waals surface area contributed by atoms with Crippen LogP contribution in [0.25, 0.3) is 10.9 Å². The lowest BCUT2D eigenvalue weighted by Crippen LogP contribution is -2.34. The molecule has 0 unspecified atom stereocenters. The molecule has 0 aliphatic carbocycles. The summed E-state index contributed by atoms with van der Waals surface area (Å²) >= 11 is 0. The summed E-state index contributed by atoms with van der Waals surface area (Å²) in [6.07, 6.45) is 3.12. The van der Waals surface area contributed by atoms with Gasteiger partial charge < -0.3 is 9.72 Å². The smallest absolute Gasteiger partial charge is 0.252 e. The molecule has 4 aromatic rings. The van der Waals surface area contributed by atoms with Crippen LogP contribution in [-0.2, 0) is 30.8 Å². The molecule has 2 aromatic carbocycles. The maximum atomic E-state index is 12.9. The second-order valence-electron chi connectivity index (χ2n) is 9.07. The minimum Gasteiger partial charge on any atom is -0.377 e. The van der Waals surface area contributed by atoms with Crippen molar-refractivity contribution >= 4 is 10.9 Å². The van der Waals surface area contributed by atoms with Crippen LogP contribution in [0.3, 0.4) is 0 Å². The molecule has 8 nitrogen and oxygen atoms in total. The van der Waals surface area contributed by atoms with E-state index in [0.717, 1.165) is 54.7 Å². The number of aryl methyl sites for hydroxylation is 3. The summed E-state index contributed by atoms with van der Waals surface area (Å²) < 4.78 is 7.77. The molecule has 0 spiro atoms. The van der Waals surface area contributed by atoms with Gasteiger partial charge in [-0.3, -0.25) is 9.69 Å². The van der Waals surface area contributed by atoms with Crippen molar-refractivity contribution in [3.8, 4) is 0 Å². The van der Waals surface area contributed by atoms with Crippen molar-refractivity contribution in [2.45, 2.75) is 51.9 Å². The number of rotatable bonds is 9. The number of aromatic amines is 1. The van der Waals surface area contributed by atoms with Crippen molar-refractivity contribution in [3.63, 3.8) is 0 Å². The predicted molar refractivity (Wildman–Crippen MR) is 130 cm³/mol. The van der Waals surface area contributed by atoms with E-state index in [2.05, 4.69) is 50.5 Å². The first-order valence-corrected chi connectivity index (χ1v) is 11.9. The van der Waals surface area contributed by atoms with Crippen molar-refractivity contribution in [1.29, 1.82) is 0 Å². The molecule has 0 saturated carbocycles. The van der Waals surface area contributed by atoms with Gasteiger partial charge in [0.1, 0.15) is 0 Å². The number of pyridine rings is 1. The number of benzene rings is 2. The molecule has 34 heavy (non-hydrogen) atoms. The Hall–Kier alpha value is -3.36. The summed E-state index contributed by atoms with van der Waals surface area (Å²) in [5, 5.41) is 13.5. The molecule has 5 rings (SSSR count). The zero-order valence-electron chi connectivity index (χ0n) is 19.5. The molecule has 0 radical (unpaired) electrons. The van der Waals surface area contributed by atoms with Gasteiger partial charge in [-0.1, -0.05) is 42.0 Å². The fraction of sp³-hybridized carbons (Fsp3) is 0.385. The minimum atomic E-state index is -0.0580. The summed E-state index contributed by atoms with van der Waals surface area (Å²) in [7, 11) is 0. The van der Waals surface area contributed by atoms with E-state index in [9.17, 15) is 4.79 Å². The van der Waals surface area contributed by atoms with Crippen LogP contribution in [0.1, 0.15) is 35.4 Å². The molecule has 1 aliphatic heterocycles. The van der Waals surface area contributed by atoms with Gasteiger partial charge in [0.05, 0.1) is 12.6 Å². The molecule has 1 N–H and O–H groups in total. The number of H-pyrrole nitrogens is 1. The largest absolute Gasteiger partial charge is 0.377 e. The lowest BCUT2D eigenvalue weighted by molar-refractivity contribution is 0.0663. The van der Waals surface area contributed by atoms with Crippen LogP contribution in [0, 0.1) is 6.92 Å². The fourth-order valence-electron chi connectivity index (χ4n) is 4.58. The number of tetrazole rings is 1. The second kappa shape index (κ2) is 10.3. The normalized spacial score (nSPS) is 16.0. The molecule has 3 heterocycles. The Kier molecular flexibility index (Phi) is 6.78.